The lowest BCUT2D eigenvalue weighted by molar-refractivity contribution is -0.138. The minimum Gasteiger partial charge on any atom is -0.486 e. The molecule has 3 aromatic rings. The van der Waals surface area contributed by atoms with Crippen LogP contribution < -0.4 is 10.1 Å². The van der Waals surface area contributed by atoms with Crippen LogP contribution in [0.4, 0.5) is 13.2 Å². The number of carboxylic acid groups (broad SMARTS) is 1. The molecule has 0 bridgehead atoms. The molecule has 3 rings (SSSR count). The minimum absolute atomic E-state index is 0.0216. The van der Waals surface area contributed by atoms with Crippen LogP contribution in [0.2, 0.25) is 0 Å². The maximum atomic E-state index is 13.1. The Morgan fingerprint density at radius 1 is 0.953 bits per heavy atom. The third-order valence-electron chi connectivity index (χ3n) is 6.30. The van der Waals surface area contributed by atoms with Crippen molar-refractivity contribution >= 4 is 17.8 Å². The van der Waals surface area contributed by atoms with Gasteiger partial charge in [0.1, 0.15) is 17.5 Å². The lowest BCUT2D eigenvalue weighted by Crippen LogP contribution is -2.26. The Morgan fingerprint density at radius 2 is 1.58 bits per heavy atom. The lowest BCUT2D eigenvalue weighted by atomic mass is 9.96. The fraction of sp³-hybridized carbons (Fsp3) is 0.364. The summed E-state index contributed by atoms with van der Waals surface area (Å²) in [6.45, 7) is 9.52. The van der Waals surface area contributed by atoms with Gasteiger partial charge >= 0.3 is 12.1 Å². The first kappa shape index (κ1) is 33.2. The Hall–Kier alpha value is -4.34. The highest BCUT2D eigenvalue weighted by Crippen LogP contribution is 2.35. The molecule has 0 aliphatic carbocycles. The summed E-state index contributed by atoms with van der Waals surface area (Å²) in [5.74, 6) is -0.840. The van der Waals surface area contributed by atoms with Crippen LogP contribution in [0, 0.1) is 11.3 Å². The van der Waals surface area contributed by atoms with Crippen molar-refractivity contribution in [3.8, 4) is 16.9 Å². The van der Waals surface area contributed by atoms with Gasteiger partial charge in [-0.15, -0.1) is 0 Å². The summed E-state index contributed by atoms with van der Waals surface area (Å²) in [7, 11) is 0. The Bertz CT molecular complexity index is 1430. The lowest BCUT2D eigenvalue weighted by Gasteiger charge is -2.25. The third-order valence-corrected chi connectivity index (χ3v) is 6.30. The van der Waals surface area contributed by atoms with Gasteiger partial charge in [0.15, 0.2) is 0 Å². The number of hydrogen-bond donors (Lipinski definition) is 3. The van der Waals surface area contributed by atoms with E-state index < -0.39 is 29.4 Å². The third kappa shape index (κ3) is 9.87. The quantitative estimate of drug-likeness (QED) is 0.154. The summed E-state index contributed by atoms with van der Waals surface area (Å²) < 4.78 is 51.7. The van der Waals surface area contributed by atoms with E-state index >= 15 is 0 Å². The number of carbonyl (C=O) groups excluding carboxylic acids is 1. The summed E-state index contributed by atoms with van der Waals surface area (Å²) in [6.07, 6.45) is -4.41. The zero-order valence-electron chi connectivity index (χ0n) is 24.8. The van der Waals surface area contributed by atoms with Gasteiger partial charge < -0.3 is 19.9 Å². The maximum absolute atomic E-state index is 13.1. The van der Waals surface area contributed by atoms with Crippen LogP contribution in [0.15, 0.2) is 66.7 Å². The average Bonchev–Trinajstić information content (AvgIpc) is 2.91. The Kier molecular flexibility index (Phi) is 10.6. The Morgan fingerprint density at radius 3 is 2.12 bits per heavy atom. The number of rotatable bonds is 11. The number of aliphatic carboxylic acids is 1. The first-order chi connectivity index (χ1) is 20.0. The van der Waals surface area contributed by atoms with Gasteiger partial charge in [0.05, 0.1) is 12.0 Å². The summed E-state index contributed by atoms with van der Waals surface area (Å²) in [4.78, 5) is 23.1. The van der Waals surface area contributed by atoms with Crippen molar-refractivity contribution < 1.29 is 37.3 Å². The molecule has 0 heterocycles. The van der Waals surface area contributed by atoms with E-state index in [0.717, 1.165) is 17.7 Å². The first-order valence-corrected chi connectivity index (χ1v) is 13.9. The summed E-state index contributed by atoms with van der Waals surface area (Å²) in [5.41, 5.74) is 1.12. The van der Waals surface area contributed by atoms with Crippen molar-refractivity contribution in [1.29, 1.82) is 5.41 Å². The topological polar surface area (TPSA) is 109 Å². The zero-order chi connectivity index (χ0) is 31.9. The number of carbonyl (C=O) groups is 2. The molecule has 0 saturated heterocycles. The van der Waals surface area contributed by atoms with Gasteiger partial charge in [0, 0.05) is 17.7 Å². The smallest absolute Gasteiger partial charge is 0.416 e. The van der Waals surface area contributed by atoms with E-state index in [1.54, 1.807) is 63.2 Å². The molecule has 1 amide bonds. The van der Waals surface area contributed by atoms with Gasteiger partial charge in [-0.2, -0.15) is 13.2 Å². The standard InChI is InChI=1S/C33H37F3N2O5/c1-20(2)18-28(22-6-8-23(9-7-22)31(41)38-17-16-29(39)40)42-25-14-15-26(27(19-25)30(37)43-32(3,4)5)21-10-12-24(13-11-21)33(34,35)36/h6-15,19-20,28,37H,16-18H2,1-5H3,(H,38,41)(H,39,40). The molecule has 0 aromatic heterocycles. The number of benzene rings is 3. The van der Waals surface area contributed by atoms with E-state index in [2.05, 4.69) is 5.32 Å². The van der Waals surface area contributed by atoms with Gasteiger partial charge in [-0.1, -0.05) is 38.1 Å². The molecule has 10 heteroatoms. The highest BCUT2D eigenvalue weighted by molar-refractivity contribution is 5.99. The number of amides is 1. The Balaban J connectivity index is 1.93. The fourth-order valence-corrected chi connectivity index (χ4v) is 4.32. The fourth-order valence-electron chi connectivity index (χ4n) is 4.32. The highest BCUT2D eigenvalue weighted by atomic mass is 19.4. The zero-order valence-corrected chi connectivity index (χ0v) is 24.8. The predicted octanol–water partition coefficient (Wildman–Crippen LogP) is 7.88. The maximum Gasteiger partial charge on any atom is 0.416 e. The van der Waals surface area contributed by atoms with Gasteiger partial charge in [-0.3, -0.25) is 15.0 Å². The van der Waals surface area contributed by atoms with Crippen LogP contribution in [-0.2, 0) is 15.7 Å². The van der Waals surface area contributed by atoms with Crippen molar-refractivity contribution in [2.24, 2.45) is 5.92 Å². The van der Waals surface area contributed by atoms with E-state index in [-0.39, 0.29) is 30.7 Å². The average molecular weight is 599 g/mol. The van der Waals surface area contributed by atoms with Crippen LogP contribution in [0.5, 0.6) is 5.75 Å². The number of carboxylic acids is 1. The predicted molar refractivity (Wildman–Crippen MR) is 158 cm³/mol. The second kappa shape index (κ2) is 13.8. The number of hydrogen-bond acceptors (Lipinski definition) is 5. The van der Waals surface area contributed by atoms with E-state index in [1.165, 1.54) is 12.1 Å². The molecule has 7 nitrogen and oxygen atoms in total. The molecule has 0 fully saturated rings. The van der Waals surface area contributed by atoms with E-state index in [1.807, 2.05) is 13.8 Å². The van der Waals surface area contributed by atoms with Crippen molar-refractivity contribution in [2.45, 2.75) is 65.3 Å². The monoisotopic (exact) mass is 598 g/mol. The number of nitrogens with one attached hydrogen (secondary N) is 2. The van der Waals surface area contributed by atoms with Crippen molar-refractivity contribution in [1.82, 2.24) is 5.32 Å². The van der Waals surface area contributed by atoms with Gasteiger partial charge in [0.25, 0.3) is 5.91 Å². The van der Waals surface area contributed by atoms with E-state index in [4.69, 9.17) is 20.0 Å². The van der Waals surface area contributed by atoms with E-state index in [0.29, 0.717) is 34.4 Å². The van der Waals surface area contributed by atoms with Gasteiger partial charge in [-0.25, -0.2) is 0 Å². The molecule has 0 spiro atoms. The van der Waals surface area contributed by atoms with Crippen LogP contribution in [-0.4, -0.2) is 35.0 Å². The van der Waals surface area contributed by atoms with Crippen molar-refractivity contribution in [2.75, 3.05) is 6.54 Å². The minimum atomic E-state index is -4.46. The first-order valence-electron chi connectivity index (χ1n) is 13.9. The second-order valence-corrected chi connectivity index (χ2v) is 11.6. The summed E-state index contributed by atoms with van der Waals surface area (Å²) in [5, 5.41) is 20.0. The molecule has 1 unspecified atom stereocenters. The molecule has 0 saturated carbocycles. The van der Waals surface area contributed by atoms with Crippen LogP contribution in [0.3, 0.4) is 0 Å². The van der Waals surface area contributed by atoms with Gasteiger partial charge in [0.2, 0.25) is 5.90 Å². The number of ether oxygens (including phenoxy) is 2. The number of halogens is 3. The highest BCUT2D eigenvalue weighted by Gasteiger charge is 2.30. The van der Waals surface area contributed by atoms with Crippen LogP contribution in [0.1, 0.15) is 80.6 Å². The molecule has 1 atom stereocenters. The summed E-state index contributed by atoms with van der Waals surface area (Å²) >= 11 is 0. The molecule has 3 aromatic carbocycles. The van der Waals surface area contributed by atoms with Crippen molar-refractivity contribution in [3.63, 3.8) is 0 Å². The molecule has 230 valence electrons. The normalized spacial score (nSPS) is 12.5. The Labute approximate surface area is 249 Å². The van der Waals surface area contributed by atoms with E-state index in [9.17, 15) is 22.8 Å². The summed E-state index contributed by atoms with van der Waals surface area (Å²) in [6, 6.07) is 16.7. The van der Waals surface area contributed by atoms with Crippen molar-refractivity contribution in [3.05, 3.63) is 89.0 Å². The molecule has 3 N–H and O–H groups in total. The molecular weight excluding hydrogens is 561 g/mol. The number of alkyl halides is 3. The van der Waals surface area contributed by atoms with Crippen LogP contribution in [0.25, 0.3) is 11.1 Å². The molecule has 0 radical (unpaired) electrons. The largest absolute Gasteiger partial charge is 0.486 e. The van der Waals surface area contributed by atoms with Crippen LogP contribution >= 0.6 is 0 Å². The molecule has 0 aliphatic heterocycles. The second-order valence-electron chi connectivity index (χ2n) is 11.6. The SMILES string of the molecule is CC(C)CC(Oc1ccc(-c2ccc(C(F)(F)F)cc2)c(C(=N)OC(C)(C)C)c1)c1ccc(C(=O)NCCC(=O)O)cc1. The van der Waals surface area contributed by atoms with Gasteiger partial charge in [-0.05, 0) is 92.3 Å². The molecule has 0 aliphatic rings. The molecule has 43 heavy (non-hydrogen) atoms. The molecular formula is C33H37F3N2O5.